The number of benzene rings is 2. The normalized spacial score (nSPS) is 24.5. The molecule has 52 heavy (non-hydrogen) atoms. The highest BCUT2D eigenvalue weighted by molar-refractivity contribution is 5.93. The largest absolute Gasteiger partial charge is 0.508 e. The second-order valence-corrected chi connectivity index (χ2v) is 15.0. The Morgan fingerprint density at radius 1 is 1.27 bits per heavy atom. The van der Waals surface area contributed by atoms with Crippen LogP contribution < -0.4 is 14.8 Å². The SMILES string of the molecule is C#Cc1c(F)ccc2cc(O)cc([C@H]3COc4c(nc(OC[C@]5(C)C[C@@H](F)CN5C5CCOCC5)nc4NCC4(N(C)C(=O)C=C)CCCC4)C3)c12. The number of rotatable bonds is 10. The van der Waals surface area contributed by atoms with E-state index in [-0.39, 0.29) is 48.4 Å². The Bertz CT molecular complexity index is 1890. The smallest absolute Gasteiger partial charge is 0.318 e. The van der Waals surface area contributed by atoms with Crippen molar-refractivity contribution in [1.29, 1.82) is 0 Å². The molecule has 3 aliphatic heterocycles. The van der Waals surface area contributed by atoms with Crippen LogP contribution in [0.4, 0.5) is 14.6 Å². The summed E-state index contributed by atoms with van der Waals surface area (Å²) < 4.78 is 48.4. The van der Waals surface area contributed by atoms with E-state index in [2.05, 4.69) is 22.7 Å². The number of fused-ring (bicyclic) bond motifs is 2. The summed E-state index contributed by atoms with van der Waals surface area (Å²) in [6.45, 7) is 8.16. The molecule has 7 rings (SSSR count). The van der Waals surface area contributed by atoms with Crippen LogP contribution in [0.5, 0.6) is 17.5 Å². The molecule has 0 unspecified atom stereocenters. The third kappa shape index (κ3) is 6.76. The van der Waals surface area contributed by atoms with Gasteiger partial charge in [-0.1, -0.05) is 31.4 Å². The Kier molecular flexibility index (Phi) is 10.0. The lowest BCUT2D eigenvalue weighted by molar-refractivity contribution is -0.129. The zero-order valence-electron chi connectivity index (χ0n) is 29.9. The molecule has 2 saturated heterocycles. The Morgan fingerprint density at radius 2 is 2.04 bits per heavy atom. The van der Waals surface area contributed by atoms with Gasteiger partial charge < -0.3 is 29.5 Å². The topological polar surface area (TPSA) is 109 Å². The molecule has 2 N–H and O–H groups in total. The standard InChI is InChI=1S/C40H47F2N5O5/c1-5-30-32(42)10-9-25-17-29(48)19-31(35(25)30)26-18-33-36(51-22-26)37(43-23-40(13-7-8-14-40)46(4)34(49)6-2)45-38(44-33)52-24-39(3)20-27(41)21-47(39)28-11-15-50-16-12-28/h1,6,9-10,17,19,26-28,48H,2,7-8,11-16,18,20-24H2,3-4H3,(H,43,44,45)/t26-,27-,39+/m1/s1. The highest BCUT2D eigenvalue weighted by Crippen LogP contribution is 2.43. The summed E-state index contributed by atoms with van der Waals surface area (Å²) in [5.41, 5.74) is 0.312. The van der Waals surface area contributed by atoms with Gasteiger partial charge in [0.15, 0.2) is 11.6 Å². The van der Waals surface area contributed by atoms with Crippen molar-refractivity contribution in [3.8, 4) is 29.9 Å². The van der Waals surface area contributed by atoms with Crippen molar-refractivity contribution in [2.24, 2.45) is 0 Å². The first-order chi connectivity index (χ1) is 25.0. The monoisotopic (exact) mass is 715 g/mol. The number of terminal acetylenes is 1. The number of halogens is 2. The maximum absolute atomic E-state index is 15.0. The molecule has 276 valence electrons. The number of phenolic OH excluding ortho intramolecular Hbond substituents is 1. The second-order valence-electron chi connectivity index (χ2n) is 15.0. The van der Waals surface area contributed by atoms with Crippen molar-refractivity contribution < 1.29 is 32.9 Å². The van der Waals surface area contributed by atoms with Gasteiger partial charge in [0.05, 0.1) is 28.9 Å². The molecule has 0 radical (unpaired) electrons. The van der Waals surface area contributed by atoms with Crippen LogP contribution in [-0.2, 0) is 16.0 Å². The average molecular weight is 716 g/mol. The summed E-state index contributed by atoms with van der Waals surface area (Å²) in [6.07, 6.45) is 12.1. The number of nitrogens with one attached hydrogen (secondary N) is 1. The summed E-state index contributed by atoms with van der Waals surface area (Å²) in [7, 11) is 1.81. The fraction of sp³-hybridized carbons (Fsp3) is 0.525. The maximum atomic E-state index is 15.0. The van der Waals surface area contributed by atoms with Crippen LogP contribution in [0.1, 0.15) is 74.6 Å². The minimum absolute atomic E-state index is 0.0297. The number of amides is 1. The maximum Gasteiger partial charge on any atom is 0.318 e. The van der Waals surface area contributed by atoms with Gasteiger partial charge in [0.2, 0.25) is 5.91 Å². The first kappa shape index (κ1) is 35.9. The van der Waals surface area contributed by atoms with Gasteiger partial charge in [-0.25, -0.2) is 8.78 Å². The quantitative estimate of drug-likeness (QED) is 0.196. The zero-order valence-corrected chi connectivity index (χ0v) is 29.9. The lowest BCUT2D eigenvalue weighted by Gasteiger charge is -2.41. The molecule has 3 aromatic rings. The van der Waals surface area contributed by atoms with E-state index in [1.54, 1.807) is 30.1 Å². The fourth-order valence-electron chi connectivity index (χ4n) is 8.87. The highest BCUT2D eigenvalue weighted by Gasteiger charge is 2.47. The number of carbonyl (C=O) groups is 1. The van der Waals surface area contributed by atoms with Crippen LogP contribution in [0.2, 0.25) is 0 Å². The molecule has 2 aromatic carbocycles. The summed E-state index contributed by atoms with van der Waals surface area (Å²) in [5, 5.41) is 15.3. The van der Waals surface area contributed by atoms with Gasteiger partial charge in [-0.3, -0.25) is 9.69 Å². The number of ether oxygens (including phenoxy) is 3. The predicted molar refractivity (Wildman–Crippen MR) is 194 cm³/mol. The lowest BCUT2D eigenvalue weighted by Crippen LogP contribution is -2.52. The van der Waals surface area contributed by atoms with E-state index in [0.29, 0.717) is 72.7 Å². The first-order valence-electron chi connectivity index (χ1n) is 18.2. The van der Waals surface area contributed by atoms with E-state index in [1.807, 2.05) is 6.92 Å². The molecule has 1 amide bonds. The number of likely N-dealkylation sites (N-methyl/N-ethyl adjacent to an activating group) is 1. The minimum Gasteiger partial charge on any atom is -0.508 e. The molecule has 12 heteroatoms. The molecular weight excluding hydrogens is 668 g/mol. The van der Waals surface area contributed by atoms with Gasteiger partial charge >= 0.3 is 6.01 Å². The van der Waals surface area contributed by atoms with Crippen LogP contribution in [0, 0.1) is 18.2 Å². The van der Waals surface area contributed by atoms with Gasteiger partial charge in [0.1, 0.15) is 24.3 Å². The number of phenols is 1. The number of alkyl halides is 1. The molecular formula is C40H47F2N5O5. The summed E-state index contributed by atoms with van der Waals surface area (Å²) in [5.74, 6) is 2.41. The van der Waals surface area contributed by atoms with Crippen LogP contribution in [-0.4, -0.2) is 101 Å². The Morgan fingerprint density at radius 3 is 2.77 bits per heavy atom. The average Bonchev–Trinajstić information content (AvgIpc) is 3.76. The van der Waals surface area contributed by atoms with E-state index in [9.17, 15) is 14.3 Å². The number of carbonyl (C=O) groups excluding carboxylic acids is 1. The predicted octanol–water partition coefficient (Wildman–Crippen LogP) is 5.90. The third-order valence-corrected chi connectivity index (χ3v) is 11.7. The molecule has 0 bridgehead atoms. The number of nitrogens with zero attached hydrogens (tertiary/aromatic N) is 4. The van der Waals surface area contributed by atoms with Gasteiger partial charge in [-0.05, 0) is 67.8 Å². The molecule has 0 spiro atoms. The van der Waals surface area contributed by atoms with Crippen molar-refractivity contribution in [2.75, 3.05) is 51.9 Å². The summed E-state index contributed by atoms with van der Waals surface area (Å²) >= 11 is 0. The van der Waals surface area contributed by atoms with Crippen LogP contribution in [0.25, 0.3) is 10.8 Å². The zero-order chi connectivity index (χ0) is 36.6. The summed E-state index contributed by atoms with van der Waals surface area (Å²) in [4.78, 5) is 26.4. The second kappa shape index (κ2) is 14.5. The summed E-state index contributed by atoms with van der Waals surface area (Å²) in [6, 6.07) is 6.40. The van der Waals surface area contributed by atoms with Crippen LogP contribution >= 0.6 is 0 Å². The van der Waals surface area contributed by atoms with Crippen molar-refractivity contribution in [2.45, 2.75) is 87.5 Å². The van der Waals surface area contributed by atoms with Crippen LogP contribution in [0.3, 0.4) is 0 Å². The third-order valence-electron chi connectivity index (χ3n) is 11.7. The number of aromatic nitrogens is 2. The highest BCUT2D eigenvalue weighted by atomic mass is 19.1. The van der Waals surface area contributed by atoms with Gasteiger partial charge in [-0.2, -0.15) is 9.97 Å². The van der Waals surface area contributed by atoms with Crippen molar-refractivity contribution in [1.82, 2.24) is 19.8 Å². The molecule has 1 saturated carbocycles. The fourth-order valence-corrected chi connectivity index (χ4v) is 8.87. The van der Waals surface area contributed by atoms with Crippen LogP contribution in [0.15, 0.2) is 36.9 Å². The van der Waals surface area contributed by atoms with Gasteiger partial charge in [0.25, 0.3) is 0 Å². The molecule has 3 fully saturated rings. The molecule has 3 atom stereocenters. The molecule has 1 aliphatic carbocycles. The minimum atomic E-state index is -0.972. The number of hydrogen-bond donors (Lipinski definition) is 2. The van der Waals surface area contributed by atoms with E-state index < -0.39 is 23.1 Å². The van der Waals surface area contributed by atoms with E-state index >= 15 is 4.39 Å². The molecule has 4 heterocycles. The van der Waals surface area contributed by atoms with Crippen molar-refractivity contribution in [3.63, 3.8) is 0 Å². The number of likely N-dealkylation sites (tertiary alicyclic amines) is 1. The molecule has 4 aliphatic rings. The van der Waals surface area contributed by atoms with Crippen molar-refractivity contribution in [3.05, 3.63) is 59.6 Å². The lowest BCUT2D eigenvalue weighted by atomic mass is 9.87. The first-order valence-corrected chi connectivity index (χ1v) is 18.2. The van der Waals surface area contributed by atoms with E-state index in [4.69, 9.17) is 30.6 Å². The Balaban J connectivity index is 1.23. The van der Waals surface area contributed by atoms with Gasteiger partial charge in [-0.15, -0.1) is 6.42 Å². The molecule has 10 nitrogen and oxygen atoms in total. The van der Waals surface area contributed by atoms with E-state index in [0.717, 1.165) is 38.5 Å². The van der Waals surface area contributed by atoms with Crippen molar-refractivity contribution >= 4 is 22.5 Å². The molecule has 1 aromatic heterocycles. The Hall–Kier alpha value is -4.47. The number of anilines is 1. The number of aromatic hydroxyl groups is 1. The van der Waals surface area contributed by atoms with E-state index in [1.165, 1.54) is 12.1 Å². The number of hydrogen-bond acceptors (Lipinski definition) is 9. The van der Waals surface area contributed by atoms with Gasteiger partial charge in [0, 0.05) is 63.5 Å². The Labute approximate surface area is 303 Å².